The minimum atomic E-state index is -2.27. The SMILES string of the molecule is CC(C)(C)[Si](C)(C)O[C@@H]1C(=O)Oc2ccccc2[C@H]1C[N+](=O)[O-]. The van der Waals surface area contributed by atoms with Gasteiger partial charge in [-0.05, 0) is 24.2 Å². The first-order chi connectivity index (χ1) is 10.5. The van der Waals surface area contributed by atoms with E-state index in [2.05, 4.69) is 20.8 Å². The highest BCUT2D eigenvalue weighted by atomic mass is 28.4. The van der Waals surface area contributed by atoms with E-state index in [0.29, 0.717) is 11.3 Å². The molecule has 1 aliphatic heterocycles. The molecular formula is C16H23NO5Si. The average Bonchev–Trinajstić information content (AvgIpc) is 2.41. The average molecular weight is 337 g/mol. The molecule has 0 saturated carbocycles. The fourth-order valence-corrected chi connectivity index (χ4v) is 3.60. The summed E-state index contributed by atoms with van der Waals surface area (Å²) in [5.74, 6) is -0.781. The van der Waals surface area contributed by atoms with Gasteiger partial charge in [0.1, 0.15) is 5.75 Å². The fraction of sp³-hybridized carbons (Fsp3) is 0.562. The number of fused-ring (bicyclic) bond motifs is 1. The standard InChI is InChI=1S/C16H23NO5Si/c1-16(2,3)23(4,5)22-14-12(10-17(19)20)11-8-6-7-9-13(11)21-15(14)18/h6-9,12,14H,10H2,1-5H3/t12-,14+/m1/s1. The van der Waals surface area contributed by atoms with Crippen molar-refractivity contribution in [2.45, 2.75) is 50.9 Å². The van der Waals surface area contributed by atoms with Gasteiger partial charge in [0.2, 0.25) is 6.54 Å². The highest BCUT2D eigenvalue weighted by Crippen LogP contribution is 2.42. The van der Waals surface area contributed by atoms with Crippen LogP contribution in [0.5, 0.6) is 5.75 Å². The van der Waals surface area contributed by atoms with Crippen LogP contribution in [0.1, 0.15) is 32.3 Å². The monoisotopic (exact) mass is 337 g/mol. The van der Waals surface area contributed by atoms with E-state index in [1.54, 1.807) is 24.3 Å². The lowest BCUT2D eigenvalue weighted by molar-refractivity contribution is -0.485. The van der Waals surface area contributed by atoms with E-state index in [1.165, 1.54) is 0 Å². The molecule has 0 bridgehead atoms. The topological polar surface area (TPSA) is 78.7 Å². The van der Waals surface area contributed by atoms with E-state index >= 15 is 0 Å². The Morgan fingerprint density at radius 1 is 1.30 bits per heavy atom. The van der Waals surface area contributed by atoms with E-state index in [1.807, 2.05) is 13.1 Å². The Hall–Kier alpha value is -1.73. The highest BCUT2D eigenvalue weighted by molar-refractivity contribution is 6.74. The van der Waals surface area contributed by atoms with Crippen LogP contribution in [0.4, 0.5) is 0 Å². The highest BCUT2D eigenvalue weighted by Gasteiger charge is 2.47. The zero-order chi connectivity index (χ0) is 17.4. The third-order valence-corrected chi connectivity index (χ3v) is 9.16. The Balaban J connectivity index is 2.41. The van der Waals surface area contributed by atoms with Crippen LogP contribution in [0, 0.1) is 10.1 Å². The molecule has 0 aliphatic carbocycles. The summed E-state index contributed by atoms with van der Waals surface area (Å²) in [6.07, 6.45) is -0.934. The molecule has 1 aromatic rings. The number of carbonyl (C=O) groups is 1. The molecule has 0 unspecified atom stereocenters. The second-order valence-corrected chi connectivity index (χ2v) is 12.1. The number of ether oxygens (including phenoxy) is 1. The number of esters is 1. The molecule has 0 amide bonds. The molecule has 2 rings (SSSR count). The molecule has 0 saturated heterocycles. The van der Waals surface area contributed by atoms with Crippen molar-refractivity contribution in [3.8, 4) is 5.75 Å². The normalized spacial score (nSPS) is 21.5. The largest absolute Gasteiger partial charge is 0.424 e. The molecule has 1 aliphatic rings. The maximum atomic E-state index is 12.4. The number of hydrogen-bond donors (Lipinski definition) is 0. The number of nitrogens with zero attached hydrogens (tertiary/aromatic N) is 1. The summed E-state index contributed by atoms with van der Waals surface area (Å²) in [5.41, 5.74) is 0.660. The smallest absolute Gasteiger partial charge is 0.340 e. The lowest BCUT2D eigenvalue weighted by Gasteiger charge is -2.41. The summed E-state index contributed by atoms with van der Waals surface area (Å²) in [4.78, 5) is 23.1. The predicted octanol–water partition coefficient (Wildman–Crippen LogP) is 3.36. The predicted molar refractivity (Wildman–Crippen MR) is 88.7 cm³/mol. The van der Waals surface area contributed by atoms with E-state index < -0.39 is 31.2 Å². The van der Waals surface area contributed by atoms with E-state index in [0.717, 1.165) is 0 Å². The maximum absolute atomic E-state index is 12.4. The Morgan fingerprint density at radius 2 is 1.91 bits per heavy atom. The molecule has 0 radical (unpaired) electrons. The van der Waals surface area contributed by atoms with Gasteiger partial charge < -0.3 is 9.16 Å². The summed E-state index contributed by atoms with van der Waals surface area (Å²) in [6.45, 7) is 9.86. The number of para-hydroxylation sites is 1. The van der Waals surface area contributed by atoms with Crippen LogP contribution < -0.4 is 4.74 Å². The van der Waals surface area contributed by atoms with Crippen molar-refractivity contribution < 1.29 is 18.9 Å². The third kappa shape index (κ3) is 3.61. The summed E-state index contributed by atoms with van der Waals surface area (Å²) in [5, 5.41) is 11.0. The molecular weight excluding hydrogens is 314 g/mol. The molecule has 0 aromatic heterocycles. The van der Waals surface area contributed by atoms with Gasteiger partial charge in [0.25, 0.3) is 0 Å². The molecule has 0 spiro atoms. The Labute approximate surface area is 137 Å². The van der Waals surface area contributed by atoms with Gasteiger partial charge in [-0.25, -0.2) is 4.79 Å². The van der Waals surface area contributed by atoms with Crippen LogP contribution in [-0.2, 0) is 9.22 Å². The summed E-state index contributed by atoms with van der Waals surface area (Å²) >= 11 is 0. The molecule has 2 atom stereocenters. The van der Waals surface area contributed by atoms with Crippen LogP contribution in [0.15, 0.2) is 24.3 Å². The molecule has 6 nitrogen and oxygen atoms in total. The molecule has 23 heavy (non-hydrogen) atoms. The number of hydrogen-bond acceptors (Lipinski definition) is 5. The zero-order valence-corrected chi connectivity index (χ0v) is 15.2. The number of carbonyl (C=O) groups excluding carboxylic acids is 1. The molecule has 1 aromatic carbocycles. The van der Waals surface area contributed by atoms with Crippen LogP contribution >= 0.6 is 0 Å². The van der Waals surface area contributed by atoms with Gasteiger partial charge in [-0.1, -0.05) is 39.0 Å². The number of benzene rings is 1. The van der Waals surface area contributed by atoms with E-state index in [9.17, 15) is 14.9 Å². The van der Waals surface area contributed by atoms with Gasteiger partial charge in [-0.15, -0.1) is 0 Å². The van der Waals surface area contributed by atoms with Crippen molar-refractivity contribution in [2.75, 3.05) is 6.54 Å². The molecule has 1 heterocycles. The maximum Gasteiger partial charge on any atom is 0.340 e. The number of rotatable bonds is 4. The lowest BCUT2D eigenvalue weighted by Crippen LogP contribution is -2.51. The van der Waals surface area contributed by atoms with Gasteiger partial charge in [0, 0.05) is 10.5 Å². The van der Waals surface area contributed by atoms with Crippen LogP contribution in [-0.4, -0.2) is 31.9 Å². The summed E-state index contributed by atoms with van der Waals surface area (Å²) in [6, 6.07) is 6.94. The van der Waals surface area contributed by atoms with Crippen molar-refractivity contribution in [1.82, 2.24) is 0 Å². The van der Waals surface area contributed by atoms with Gasteiger partial charge in [0.15, 0.2) is 14.4 Å². The van der Waals surface area contributed by atoms with Crippen LogP contribution in [0.2, 0.25) is 18.1 Å². The first-order valence-corrected chi connectivity index (χ1v) is 10.5. The van der Waals surface area contributed by atoms with Crippen molar-refractivity contribution in [1.29, 1.82) is 0 Å². The quantitative estimate of drug-likeness (QED) is 0.277. The molecule has 7 heteroatoms. The van der Waals surface area contributed by atoms with Gasteiger partial charge >= 0.3 is 5.97 Å². The van der Waals surface area contributed by atoms with E-state index in [-0.39, 0.29) is 11.6 Å². The lowest BCUT2D eigenvalue weighted by atomic mass is 9.90. The Morgan fingerprint density at radius 3 is 2.48 bits per heavy atom. The first-order valence-electron chi connectivity index (χ1n) is 7.63. The Kier molecular flexibility index (Phi) is 4.63. The van der Waals surface area contributed by atoms with Gasteiger partial charge in [-0.3, -0.25) is 10.1 Å². The second-order valence-electron chi connectivity index (χ2n) is 7.38. The zero-order valence-electron chi connectivity index (χ0n) is 14.2. The molecule has 0 N–H and O–H groups in total. The fourth-order valence-electron chi connectivity index (χ4n) is 2.35. The minimum Gasteiger partial charge on any atom is -0.424 e. The van der Waals surface area contributed by atoms with Crippen molar-refractivity contribution in [3.63, 3.8) is 0 Å². The molecule has 0 fully saturated rings. The van der Waals surface area contributed by atoms with Crippen LogP contribution in [0.25, 0.3) is 0 Å². The molecule has 126 valence electrons. The van der Waals surface area contributed by atoms with Crippen molar-refractivity contribution in [3.05, 3.63) is 39.9 Å². The Bertz CT molecular complexity index is 623. The number of nitro groups is 1. The van der Waals surface area contributed by atoms with Crippen molar-refractivity contribution in [2.24, 2.45) is 0 Å². The van der Waals surface area contributed by atoms with Gasteiger partial charge in [-0.2, -0.15) is 0 Å². The van der Waals surface area contributed by atoms with Crippen molar-refractivity contribution >= 4 is 14.3 Å². The first kappa shape index (κ1) is 17.6. The summed E-state index contributed by atoms with van der Waals surface area (Å²) < 4.78 is 11.5. The van der Waals surface area contributed by atoms with E-state index in [4.69, 9.17) is 9.16 Å². The van der Waals surface area contributed by atoms with Crippen LogP contribution in [0.3, 0.4) is 0 Å². The summed E-state index contributed by atoms with van der Waals surface area (Å²) in [7, 11) is -2.27. The third-order valence-electron chi connectivity index (χ3n) is 4.70. The second kappa shape index (κ2) is 6.05. The minimum absolute atomic E-state index is 0.108. The van der Waals surface area contributed by atoms with Gasteiger partial charge in [0.05, 0.1) is 5.92 Å².